The molecule has 0 saturated carbocycles. The fraction of sp³-hybridized carbons (Fsp3) is 0.144. The van der Waals surface area contributed by atoms with Crippen LogP contribution in [0, 0.1) is 13.8 Å². The van der Waals surface area contributed by atoms with Crippen molar-refractivity contribution in [3.63, 3.8) is 0 Å². The molecule has 3 saturated heterocycles. The van der Waals surface area contributed by atoms with E-state index in [1.54, 1.807) is 0 Å². The molecule has 18 heterocycles. The van der Waals surface area contributed by atoms with E-state index >= 15 is 0 Å². The van der Waals surface area contributed by atoms with Crippen molar-refractivity contribution in [2.24, 2.45) is 0 Å². The van der Waals surface area contributed by atoms with Crippen LogP contribution in [0.1, 0.15) is 36.5 Å². The first-order chi connectivity index (χ1) is 73.5. The van der Waals surface area contributed by atoms with E-state index < -0.39 is 0 Å². The maximum Gasteiger partial charge on any atom is 0.164 e. The van der Waals surface area contributed by atoms with Gasteiger partial charge < -0.3 is 30.1 Å². The number of ether oxygens (including phenoxy) is 1. The molecule has 3 aliphatic rings. The molecule has 0 amide bonds. The molecule has 28 rings (SSSR count). The summed E-state index contributed by atoms with van der Waals surface area (Å²) in [7, 11) is 1.82. The number of hydrogen-bond acceptors (Lipinski definition) is 19. The number of methoxy groups -OCH3 is 1. The molecule has 2 N–H and O–H groups in total. The van der Waals surface area contributed by atoms with E-state index in [4.69, 9.17) is 19.7 Å². The Morgan fingerprint density at radius 3 is 1.04 bits per heavy atom. The quantitative estimate of drug-likeness (QED) is 0.0971. The summed E-state index contributed by atoms with van der Waals surface area (Å²) in [5.41, 5.74) is 37.7. The lowest BCUT2D eigenvalue weighted by Gasteiger charge is -2.37. The molecule has 0 spiro atoms. The van der Waals surface area contributed by atoms with Crippen molar-refractivity contribution in [3.8, 4) is 111 Å². The van der Waals surface area contributed by atoms with E-state index in [1.807, 2.05) is 214 Å². The first-order valence-electron chi connectivity index (χ1n) is 50.8. The highest BCUT2D eigenvalue weighted by Crippen LogP contribution is 2.41. The molecule has 0 unspecified atom stereocenters. The van der Waals surface area contributed by atoms with Crippen molar-refractivity contribution < 1.29 is 4.74 Å². The van der Waals surface area contributed by atoms with Crippen LogP contribution in [0.2, 0.25) is 0 Å². The summed E-state index contributed by atoms with van der Waals surface area (Å²) < 4.78 is 15.6. The van der Waals surface area contributed by atoms with Gasteiger partial charge in [-0.05, 0) is 199 Å². The smallest absolute Gasteiger partial charge is 0.164 e. The van der Waals surface area contributed by atoms with Crippen molar-refractivity contribution in [2.45, 2.75) is 39.2 Å². The fourth-order valence-corrected chi connectivity index (χ4v) is 20.9. The second kappa shape index (κ2) is 41.6. The van der Waals surface area contributed by atoms with Crippen molar-refractivity contribution in [1.82, 2.24) is 103 Å². The van der Waals surface area contributed by atoms with Gasteiger partial charge in [-0.25, -0.2) is 38.0 Å². The van der Waals surface area contributed by atoms with Gasteiger partial charge in [0.2, 0.25) is 0 Å². The number of aryl methyl sites for hydroxylation is 2. The van der Waals surface area contributed by atoms with Gasteiger partial charge in [0.15, 0.2) is 16.9 Å². The predicted octanol–water partition coefficient (Wildman–Crippen LogP) is 24.7. The van der Waals surface area contributed by atoms with Crippen LogP contribution in [0.15, 0.2) is 409 Å². The number of nitrogens with zero attached hydrogens (tertiary/aromatic N) is 21. The number of piperidine rings is 1. The third kappa shape index (κ3) is 19.1. The minimum absolute atomic E-state index is 0.198. The van der Waals surface area contributed by atoms with Gasteiger partial charge >= 0.3 is 0 Å². The van der Waals surface area contributed by atoms with Gasteiger partial charge in [0, 0.05) is 234 Å². The number of pyridine rings is 7. The first kappa shape index (κ1) is 93.3. The van der Waals surface area contributed by atoms with Gasteiger partial charge in [0.05, 0.1) is 69.0 Å². The Kier molecular flexibility index (Phi) is 26.0. The molecule has 24 heteroatoms. The van der Waals surface area contributed by atoms with Gasteiger partial charge in [0.25, 0.3) is 0 Å². The van der Waals surface area contributed by atoms with E-state index in [9.17, 15) is 0 Å². The molecule has 0 atom stereocenters. The molecule has 24 nitrogen and oxygen atoms in total. The van der Waals surface area contributed by atoms with Gasteiger partial charge in [0.1, 0.15) is 12.0 Å². The molecule has 10 aromatic carbocycles. The summed E-state index contributed by atoms with van der Waals surface area (Å²) >= 11 is 0. The van der Waals surface area contributed by atoms with Crippen LogP contribution < -0.4 is 20.4 Å². The molecule has 3 aliphatic heterocycles. The monoisotopic (exact) mass is 1950 g/mol. The maximum absolute atomic E-state index is 5.97. The Morgan fingerprint density at radius 1 is 0.282 bits per heavy atom. The Bertz CT molecular complexity index is 8910. The van der Waals surface area contributed by atoms with Crippen LogP contribution in [0.3, 0.4) is 0 Å². The highest BCUT2D eigenvalue weighted by atomic mass is 16.5. The maximum atomic E-state index is 5.97. The van der Waals surface area contributed by atoms with Crippen LogP contribution in [0.4, 0.5) is 11.4 Å². The zero-order valence-electron chi connectivity index (χ0n) is 83.2. The Balaban J connectivity index is 0.0000000996. The van der Waals surface area contributed by atoms with Crippen LogP contribution >= 0.6 is 0 Å². The number of aromatic nitrogens is 18. The third-order valence-electron chi connectivity index (χ3n) is 29.2. The number of rotatable bonds is 15. The number of nitrogens with one attached hydrogen (secondary N) is 2. The second-order valence-corrected chi connectivity index (χ2v) is 38.0. The second-order valence-electron chi connectivity index (χ2n) is 38.0. The lowest BCUT2D eigenvalue weighted by atomic mass is 9.84. The summed E-state index contributed by atoms with van der Waals surface area (Å²) in [6.45, 7) is 18.2. The van der Waals surface area contributed by atoms with E-state index in [2.05, 4.69) is 321 Å². The third-order valence-corrected chi connectivity index (χ3v) is 29.2. The number of para-hydroxylation sites is 5. The number of likely N-dealkylation sites (N-methyl/N-ethyl adjacent to an activating group) is 1. The lowest BCUT2D eigenvalue weighted by Crippen LogP contribution is -2.46. The van der Waals surface area contributed by atoms with Crippen LogP contribution in [-0.4, -0.2) is 172 Å². The normalized spacial score (nSPS) is 13.7. The minimum Gasteiger partial charge on any atom is -0.373 e. The molecule has 3 fully saturated rings. The van der Waals surface area contributed by atoms with E-state index in [0.29, 0.717) is 0 Å². The molecular weight excluding hydrogens is 1840 g/mol. The standard InChI is InChI=1S/C27H26N6.C27H25N5O.C26H23N5.C23H17N3.C22H16N4/c1-2-31-13-15-32(16-14-31)22-9-7-20(8-10-22)21-17-29-27-25(18-30-33(27)19-21)23-11-12-28-26-6-4-3-5-24(23)26;1-33-27(11-14-28-15-12-27)21-8-6-19(7-9-21)20-16-30-26-24(17-31-32(26)18-20)22-10-13-29-25-5-3-2-4-23(22)25;1-2-4-25-23(3-1)22(11-12-28-25)24-17-29-31-18-20(7-10-26(24)31)19-5-8-21(9-6-19)30-15-13-27-14-16-30;1-16-6-8-17(9-7-16)18-10-11-23-21(14-25-26(23)15-18)19-12-13-24-22-5-3-2-4-20(19)22;1-15-6-8-16(9-7-15)17-12-24-22-21(25-14-26(22)13-17)19-10-11-23-20-5-3-2-4-18(19)20/h3-12,17-19H,2,13-16H2,1H3;2-10,13,16-18,28H,11-12,14-15H2,1H3;1-12,17-18,27H,13-16H2;2-15H,1H3;2-14H,1H3. The van der Waals surface area contributed by atoms with Gasteiger partial charge in [-0.1, -0.05) is 218 Å². The topological polar surface area (TPSA) is 233 Å². The summed E-state index contributed by atoms with van der Waals surface area (Å²) in [4.78, 5) is 48.7. The molecular formula is C125H107N23O. The van der Waals surface area contributed by atoms with Gasteiger partial charge in [-0.15, -0.1) is 0 Å². The van der Waals surface area contributed by atoms with Crippen molar-refractivity contribution >= 4 is 93.9 Å². The summed E-state index contributed by atoms with van der Waals surface area (Å²) in [5, 5.41) is 30.9. The van der Waals surface area contributed by atoms with Crippen molar-refractivity contribution in [2.75, 3.05) is 88.9 Å². The predicted molar refractivity (Wildman–Crippen MR) is 600 cm³/mol. The number of piperazine rings is 2. The molecule has 15 aromatic heterocycles. The lowest BCUT2D eigenvalue weighted by molar-refractivity contribution is -0.0391. The zero-order chi connectivity index (χ0) is 100. The summed E-state index contributed by atoms with van der Waals surface area (Å²) in [5.74, 6) is 0. The van der Waals surface area contributed by atoms with Crippen LogP contribution in [0.5, 0.6) is 0 Å². The average Bonchev–Trinajstić information content (AvgIpc) is 1.66. The molecule has 0 radical (unpaired) electrons. The number of hydrogen-bond donors (Lipinski definition) is 2. The van der Waals surface area contributed by atoms with Crippen molar-refractivity contribution in [3.05, 3.63) is 426 Å². The minimum atomic E-state index is -0.198. The first-order valence-corrected chi connectivity index (χ1v) is 50.8. The summed E-state index contributed by atoms with van der Waals surface area (Å²) in [6, 6.07) is 103. The molecule has 149 heavy (non-hydrogen) atoms. The number of fused-ring (bicyclic) bond motifs is 10. The van der Waals surface area contributed by atoms with Crippen LogP contribution in [-0.2, 0) is 10.3 Å². The summed E-state index contributed by atoms with van der Waals surface area (Å²) in [6.07, 6.45) is 36.9. The average molecular weight is 1950 g/mol. The van der Waals surface area contributed by atoms with Gasteiger partial charge in [-0.3, -0.25) is 29.3 Å². The number of anilines is 2. The Morgan fingerprint density at radius 2 is 0.617 bits per heavy atom. The number of benzene rings is 10. The van der Waals surface area contributed by atoms with Crippen LogP contribution in [0.25, 0.3) is 194 Å². The van der Waals surface area contributed by atoms with Gasteiger partial charge in [-0.2, -0.15) is 20.4 Å². The molecule has 25 aromatic rings. The molecule has 0 bridgehead atoms. The highest BCUT2D eigenvalue weighted by molar-refractivity contribution is 6.03. The van der Waals surface area contributed by atoms with Crippen molar-refractivity contribution in [1.29, 1.82) is 0 Å². The fourth-order valence-electron chi connectivity index (χ4n) is 20.9. The van der Waals surface area contributed by atoms with E-state index in [-0.39, 0.29) is 5.60 Å². The largest absolute Gasteiger partial charge is 0.373 e. The highest BCUT2D eigenvalue weighted by Gasteiger charge is 2.34. The van der Waals surface area contributed by atoms with E-state index in [1.165, 1.54) is 39.2 Å². The zero-order valence-corrected chi connectivity index (χ0v) is 83.2. The van der Waals surface area contributed by atoms with E-state index in [0.717, 1.165) is 268 Å². The molecule has 0 aliphatic carbocycles. The Labute approximate surface area is 861 Å². The SMILES string of the molecule is CCN1CCN(c2ccc(-c3cnc4c(-c5ccnc6ccccc56)cnn4c3)cc2)CC1.COC1(c2ccc(-c3cnc4c(-c5ccnc6ccccc56)cnn4c3)cc2)CCNCC1.Cc1ccc(-c2ccc3c(-c4ccnc5ccccc45)cnn3c2)cc1.Cc1ccc(-c2cnc3c(-c4ccnc5ccccc45)ncn3c2)cc1.c1ccc2c(-c3cnn4cc(-c5ccc(N6CCNCC6)cc5)ccc34)ccnc2c1. The molecule has 728 valence electrons. The number of imidazole rings is 1. The Hall–Kier alpha value is -18.1.